The van der Waals surface area contributed by atoms with Crippen LogP contribution in [0.3, 0.4) is 0 Å². The van der Waals surface area contributed by atoms with Crippen LogP contribution in [0.25, 0.3) is 0 Å². The van der Waals surface area contributed by atoms with Crippen molar-refractivity contribution >= 4 is 5.91 Å². The minimum absolute atomic E-state index is 0.0288. The number of aryl methyl sites for hydroxylation is 1. The second kappa shape index (κ2) is 5.55. The van der Waals surface area contributed by atoms with E-state index in [0.717, 1.165) is 0 Å². The second-order valence-corrected chi connectivity index (χ2v) is 3.96. The molecule has 1 atom stereocenters. The van der Waals surface area contributed by atoms with Crippen molar-refractivity contribution < 1.29 is 4.79 Å². The fraction of sp³-hybridized carbons (Fsp3) is 0.778. The highest BCUT2D eigenvalue weighted by Gasteiger charge is 2.13. The third-order valence-corrected chi connectivity index (χ3v) is 1.94. The van der Waals surface area contributed by atoms with Gasteiger partial charge >= 0.3 is 0 Å². The molecule has 7 heteroatoms. The highest BCUT2D eigenvalue weighted by atomic mass is 16.2. The molecule has 0 aliphatic carbocycles. The Balaban J connectivity index is 2.34. The van der Waals surface area contributed by atoms with Crippen molar-refractivity contribution in [2.45, 2.75) is 39.4 Å². The number of carbonyl (C=O) groups excluding carboxylic acids is 1. The molecule has 1 unspecified atom stereocenters. The maximum Gasteiger partial charge on any atom is 0.237 e. The van der Waals surface area contributed by atoms with Crippen LogP contribution in [0, 0.1) is 0 Å². The van der Waals surface area contributed by atoms with Crippen LogP contribution in [0.2, 0.25) is 0 Å². The van der Waals surface area contributed by atoms with E-state index in [0.29, 0.717) is 12.4 Å². The van der Waals surface area contributed by atoms with E-state index in [2.05, 4.69) is 26.0 Å². The Morgan fingerprint density at radius 2 is 2.12 bits per heavy atom. The molecular formula is C9H18N6O. The lowest BCUT2D eigenvalue weighted by molar-refractivity contribution is -0.123. The third-order valence-electron chi connectivity index (χ3n) is 1.94. The summed E-state index contributed by atoms with van der Waals surface area (Å²) in [6.07, 6.45) is 0. The molecule has 0 aliphatic heterocycles. The van der Waals surface area contributed by atoms with E-state index < -0.39 is 0 Å². The van der Waals surface area contributed by atoms with Gasteiger partial charge in [-0.3, -0.25) is 10.1 Å². The van der Waals surface area contributed by atoms with Gasteiger partial charge in [-0.15, -0.1) is 10.2 Å². The second-order valence-electron chi connectivity index (χ2n) is 3.96. The van der Waals surface area contributed by atoms with Crippen LogP contribution < -0.4 is 10.6 Å². The number of nitrogens with zero attached hydrogens (tertiary/aromatic N) is 4. The third kappa shape index (κ3) is 3.93. The lowest BCUT2D eigenvalue weighted by Crippen LogP contribution is -2.44. The van der Waals surface area contributed by atoms with Gasteiger partial charge in [0, 0.05) is 6.04 Å². The summed E-state index contributed by atoms with van der Waals surface area (Å²) in [4.78, 5) is 12.9. The first kappa shape index (κ1) is 12.6. The van der Waals surface area contributed by atoms with E-state index in [1.54, 1.807) is 14.0 Å². The number of rotatable bonds is 5. The Morgan fingerprint density at radius 1 is 1.44 bits per heavy atom. The molecule has 0 spiro atoms. The molecular weight excluding hydrogens is 208 g/mol. The maximum atomic E-state index is 11.5. The molecule has 1 rings (SSSR count). The zero-order valence-electron chi connectivity index (χ0n) is 10.1. The van der Waals surface area contributed by atoms with Gasteiger partial charge in [-0.25, -0.2) is 0 Å². The van der Waals surface area contributed by atoms with Crippen molar-refractivity contribution in [2.24, 2.45) is 7.05 Å². The number of carbonyl (C=O) groups is 1. The van der Waals surface area contributed by atoms with Crippen LogP contribution in [0.5, 0.6) is 0 Å². The van der Waals surface area contributed by atoms with Crippen LogP contribution >= 0.6 is 0 Å². The Bertz CT molecular complexity index is 348. The summed E-state index contributed by atoms with van der Waals surface area (Å²) in [5.41, 5.74) is 0. The molecule has 2 N–H and O–H groups in total. The van der Waals surface area contributed by atoms with Gasteiger partial charge in [0.15, 0.2) is 5.82 Å². The monoisotopic (exact) mass is 226 g/mol. The van der Waals surface area contributed by atoms with Gasteiger partial charge in [0.05, 0.1) is 19.6 Å². The molecule has 90 valence electrons. The number of amides is 1. The van der Waals surface area contributed by atoms with E-state index in [1.165, 1.54) is 4.80 Å². The molecule has 1 amide bonds. The van der Waals surface area contributed by atoms with E-state index >= 15 is 0 Å². The standard InChI is InChI=1S/C9H18N6O/c1-6(2)11-9(16)7(3)10-5-8-12-14-15(4)13-8/h6-7,10H,5H2,1-4H3,(H,11,16). The molecule has 0 fully saturated rings. The van der Waals surface area contributed by atoms with E-state index in [4.69, 9.17) is 0 Å². The lowest BCUT2D eigenvalue weighted by atomic mass is 10.3. The fourth-order valence-electron chi connectivity index (χ4n) is 1.14. The smallest absolute Gasteiger partial charge is 0.237 e. The van der Waals surface area contributed by atoms with Crippen LogP contribution in [-0.2, 0) is 18.4 Å². The summed E-state index contributed by atoms with van der Waals surface area (Å²) >= 11 is 0. The minimum Gasteiger partial charge on any atom is -0.353 e. The van der Waals surface area contributed by atoms with E-state index in [-0.39, 0.29) is 18.0 Å². The zero-order chi connectivity index (χ0) is 12.1. The van der Waals surface area contributed by atoms with Gasteiger partial charge in [0.1, 0.15) is 0 Å². The molecule has 0 saturated carbocycles. The quantitative estimate of drug-likeness (QED) is 0.687. The highest BCUT2D eigenvalue weighted by Crippen LogP contribution is 1.89. The molecule has 1 aromatic rings. The first-order valence-electron chi connectivity index (χ1n) is 5.25. The average Bonchev–Trinajstić information content (AvgIpc) is 2.59. The molecule has 0 bridgehead atoms. The highest BCUT2D eigenvalue weighted by molar-refractivity contribution is 5.81. The number of nitrogens with one attached hydrogen (secondary N) is 2. The van der Waals surface area contributed by atoms with Gasteiger partial charge in [0.2, 0.25) is 5.91 Å². The van der Waals surface area contributed by atoms with Gasteiger partial charge in [-0.2, -0.15) is 4.80 Å². The van der Waals surface area contributed by atoms with Gasteiger partial charge in [-0.1, -0.05) is 0 Å². The van der Waals surface area contributed by atoms with Crippen LogP contribution in [-0.4, -0.2) is 38.2 Å². The van der Waals surface area contributed by atoms with Gasteiger partial charge in [-0.05, 0) is 26.0 Å². The summed E-state index contributed by atoms with van der Waals surface area (Å²) < 4.78 is 0. The Morgan fingerprint density at radius 3 is 2.62 bits per heavy atom. The number of tetrazole rings is 1. The predicted octanol–water partition coefficient (Wildman–Crippen LogP) is -0.787. The summed E-state index contributed by atoms with van der Waals surface area (Å²) in [6.45, 7) is 6.08. The molecule has 0 saturated heterocycles. The van der Waals surface area contributed by atoms with Crippen molar-refractivity contribution in [3.05, 3.63) is 5.82 Å². The topological polar surface area (TPSA) is 84.7 Å². The molecule has 1 aromatic heterocycles. The van der Waals surface area contributed by atoms with Crippen molar-refractivity contribution in [2.75, 3.05) is 0 Å². The van der Waals surface area contributed by atoms with Gasteiger partial charge in [0.25, 0.3) is 0 Å². The number of aromatic nitrogens is 4. The maximum absolute atomic E-state index is 11.5. The van der Waals surface area contributed by atoms with E-state index in [9.17, 15) is 4.79 Å². The lowest BCUT2D eigenvalue weighted by Gasteiger charge is -2.14. The Kier molecular flexibility index (Phi) is 4.36. The molecule has 7 nitrogen and oxygen atoms in total. The van der Waals surface area contributed by atoms with Crippen LogP contribution in [0.4, 0.5) is 0 Å². The Hall–Kier alpha value is -1.50. The average molecular weight is 226 g/mol. The van der Waals surface area contributed by atoms with Crippen molar-refractivity contribution in [1.29, 1.82) is 0 Å². The van der Waals surface area contributed by atoms with Crippen molar-refractivity contribution in [3.63, 3.8) is 0 Å². The fourth-order valence-corrected chi connectivity index (χ4v) is 1.14. The molecule has 0 aromatic carbocycles. The summed E-state index contributed by atoms with van der Waals surface area (Å²) in [5, 5.41) is 17.4. The largest absolute Gasteiger partial charge is 0.353 e. The first-order valence-corrected chi connectivity index (χ1v) is 5.25. The number of hydrogen-bond acceptors (Lipinski definition) is 5. The predicted molar refractivity (Wildman–Crippen MR) is 58.4 cm³/mol. The molecule has 0 aliphatic rings. The van der Waals surface area contributed by atoms with Crippen LogP contribution in [0.15, 0.2) is 0 Å². The normalized spacial score (nSPS) is 12.8. The summed E-state index contributed by atoms with van der Waals surface area (Å²) in [6, 6.07) is -0.127. The first-order chi connectivity index (χ1) is 7.49. The summed E-state index contributed by atoms with van der Waals surface area (Å²) in [7, 11) is 1.70. The molecule has 1 heterocycles. The summed E-state index contributed by atoms with van der Waals surface area (Å²) in [5.74, 6) is 0.547. The van der Waals surface area contributed by atoms with Gasteiger partial charge < -0.3 is 5.32 Å². The van der Waals surface area contributed by atoms with Crippen molar-refractivity contribution in [3.8, 4) is 0 Å². The van der Waals surface area contributed by atoms with E-state index in [1.807, 2.05) is 13.8 Å². The zero-order valence-corrected chi connectivity index (χ0v) is 10.1. The van der Waals surface area contributed by atoms with Crippen LogP contribution in [0.1, 0.15) is 26.6 Å². The SMILES string of the molecule is CC(C)NC(=O)C(C)NCc1nnn(C)n1. The Labute approximate surface area is 94.6 Å². The minimum atomic E-state index is -0.272. The number of hydrogen-bond donors (Lipinski definition) is 2. The molecule has 0 radical (unpaired) electrons. The molecule has 16 heavy (non-hydrogen) atoms. The van der Waals surface area contributed by atoms with Crippen molar-refractivity contribution in [1.82, 2.24) is 30.8 Å².